The van der Waals surface area contributed by atoms with Gasteiger partial charge in [-0.15, -0.1) is 0 Å². The molecule has 0 fully saturated rings. The normalized spacial score (nSPS) is 11.9. The van der Waals surface area contributed by atoms with Crippen LogP contribution in [0.5, 0.6) is 5.75 Å². The highest BCUT2D eigenvalue weighted by Crippen LogP contribution is 2.24. The molecule has 1 rings (SSSR count). The standard InChI is InChI=1S/C23H40O7/c1-20(2)21-6-8-22(9-7-21)30-19-23(16-27-13-10-24-3,17-28-14-11-25-4)18-29-15-12-26-5/h6-9,20H,10-19H2,1-5H3. The number of benzene rings is 1. The molecule has 0 saturated heterocycles. The molecule has 0 aromatic heterocycles. The van der Waals surface area contributed by atoms with Gasteiger partial charge in [0.2, 0.25) is 0 Å². The zero-order chi connectivity index (χ0) is 22.1. The number of methoxy groups -OCH3 is 3. The van der Waals surface area contributed by atoms with Crippen molar-refractivity contribution in [3.63, 3.8) is 0 Å². The minimum Gasteiger partial charge on any atom is -0.493 e. The van der Waals surface area contributed by atoms with Crippen molar-refractivity contribution >= 4 is 0 Å². The summed E-state index contributed by atoms with van der Waals surface area (Å²) in [6.07, 6.45) is 0. The molecule has 1 aromatic carbocycles. The van der Waals surface area contributed by atoms with E-state index in [1.54, 1.807) is 21.3 Å². The van der Waals surface area contributed by atoms with Crippen LogP contribution in [0.25, 0.3) is 0 Å². The summed E-state index contributed by atoms with van der Waals surface area (Å²) < 4.78 is 39.0. The van der Waals surface area contributed by atoms with Crippen molar-refractivity contribution in [2.45, 2.75) is 19.8 Å². The molecule has 0 aliphatic heterocycles. The van der Waals surface area contributed by atoms with Crippen LogP contribution in [-0.2, 0) is 28.4 Å². The van der Waals surface area contributed by atoms with Crippen molar-refractivity contribution in [2.75, 3.05) is 87.4 Å². The lowest BCUT2D eigenvalue weighted by molar-refractivity contribution is -0.0995. The third-order valence-corrected chi connectivity index (χ3v) is 4.61. The van der Waals surface area contributed by atoms with Gasteiger partial charge in [-0.25, -0.2) is 0 Å². The molecule has 0 heterocycles. The molecule has 0 N–H and O–H groups in total. The van der Waals surface area contributed by atoms with Gasteiger partial charge in [-0.3, -0.25) is 0 Å². The zero-order valence-corrected chi connectivity index (χ0v) is 19.3. The molecular weight excluding hydrogens is 388 g/mol. The second-order valence-corrected chi connectivity index (χ2v) is 7.65. The van der Waals surface area contributed by atoms with E-state index in [0.29, 0.717) is 72.0 Å². The second kappa shape index (κ2) is 16.5. The highest BCUT2D eigenvalue weighted by molar-refractivity contribution is 5.28. The Morgan fingerprint density at radius 3 is 1.43 bits per heavy atom. The Morgan fingerprint density at radius 1 is 0.633 bits per heavy atom. The first-order valence-corrected chi connectivity index (χ1v) is 10.5. The van der Waals surface area contributed by atoms with Gasteiger partial charge in [-0.1, -0.05) is 26.0 Å². The van der Waals surface area contributed by atoms with Crippen LogP contribution in [0.3, 0.4) is 0 Å². The first-order chi connectivity index (χ1) is 14.6. The first-order valence-electron chi connectivity index (χ1n) is 10.5. The molecular formula is C23H40O7. The van der Waals surface area contributed by atoms with E-state index in [1.807, 2.05) is 12.1 Å². The minimum atomic E-state index is -0.466. The summed E-state index contributed by atoms with van der Waals surface area (Å²) in [7, 11) is 4.97. The molecule has 0 aliphatic rings. The third-order valence-electron chi connectivity index (χ3n) is 4.61. The van der Waals surface area contributed by atoms with Crippen molar-refractivity contribution in [3.8, 4) is 5.75 Å². The lowest BCUT2D eigenvalue weighted by Gasteiger charge is -2.33. The van der Waals surface area contributed by atoms with Crippen molar-refractivity contribution < 1.29 is 33.2 Å². The maximum absolute atomic E-state index is 6.14. The van der Waals surface area contributed by atoms with Crippen LogP contribution in [0.1, 0.15) is 25.3 Å². The Labute approximate surface area is 181 Å². The van der Waals surface area contributed by atoms with Gasteiger partial charge in [0.25, 0.3) is 0 Å². The van der Waals surface area contributed by atoms with E-state index < -0.39 is 5.41 Å². The largest absolute Gasteiger partial charge is 0.493 e. The van der Waals surface area contributed by atoms with Crippen LogP contribution in [-0.4, -0.2) is 87.4 Å². The summed E-state index contributed by atoms with van der Waals surface area (Å²) in [6, 6.07) is 8.20. The molecule has 30 heavy (non-hydrogen) atoms. The maximum atomic E-state index is 6.14. The smallest absolute Gasteiger partial charge is 0.119 e. The average molecular weight is 429 g/mol. The van der Waals surface area contributed by atoms with Gasteiger partial charge in [0.15, 0.2) is 0 Å². The predicted octanol–water partition coefficient (Wildman–Crippen LogP) is 3.16. The van der Waals surface area contributed by atoms with Crippen molar-refractivity contribution in [1.29, 1.82) is 0 Å². The Kier molecular flexibility index (Phi) is 14.7. The zero-order valence-electron chi connectivity index (χ0n) is 19.3. The summed E-state index contributed by atoms with van der Waals surface area (Å²) in [5.41, 5.74) is 0.814. The second-order valence-electron chi connectivity index (χ2n) is 7.65. The van der Waals surface area contributed by atoms with Crippen molar-refractivity contribution in [1.82, 2.24) is 0 Å². The topological polar surface area (TPSA) is 64.6 Å². The van der Waals surface area contributed by atoms with Crippen LogP contribution in [0.4, 0.5) is 0 Å². The molecule has 0 aliphatic carbocycles. The summed E-state index contributed by atoms with van der Waals surface area (Å²) >= 11 is 0. The van der Waals surface area contributed by atoms with Gasteiger partial charge < -0.3 is 33.2 Å². The van der Waals surface area contributed by atoms with Crippen LogP contribution < -0.4 is 4.74 Å². The molecule has 7 nitrogen and oxygen atoms in total. The van der Waals surface area contributed by atoms with E-state index in [0.717, 1.165) is 5.75 Å². The Balaban J connectivity index is 2.81. The molecule has 0 amide bonds. The van der Waals surface area contributed by atoms with Crippen LogP contribution >= 0.6 is 0 Å². The molecule has 0 bridgehead atoms. The minimum absolute atomic E-state index is 0.404. The monoisotopic (exact) mass is 428 g/mol. The summed E-state index contributed by atoms with van der Waals surface area (Å²) in [6.45, 7) is 9.13. The molecule has 1 aromatic rings. The lowest BCUT2D eigenvalue weighted by Crippen LogP contribution is -2.43. The van der Waals surface area contributed by atoms with E-state index in [4.69, 9.17) is 33.2 Å². The molecule has 0 saturated carbocycles. The molecule has 0 unspecified atom stereocenters. The van der Waals surface area contributed by atoms with Gasteiger partial charge in [0, 0.05) is 21.3 Å². The Bertz CT molecular complexity index is 488. The molecule has 0 radical (unpaired) electrons. The van der Waals surface area contributed by atoms with E-state index in [-0.39, 0.29) is 0 Å². The van der Waals surface area contributed by atoms with Gasteiger partial charge >= 0.3 is 0 Å². The third kappa shape index (κ3) is 11.2. The quantitative estimate of drug-likeness (QED) is 0.314. The van der Waals surface area contributed by atoms with Gasteiger partial charge in [0.05, 0.1) is 64.9 Å². The molecule has 0 atom stereocenters. The van der Waals surface area contributed by atoms with E-state index in [9.17, 15) is 0 Å². The summed E-state index contributed by atoms with van der Waals surface area (Å²) in [5.74, 6) is 1.30. The van der Waals surface area contributed by atoms with Crippen molar-refractivity contribution in [3.05, 3.63) is 29.8 Å². The van der Waals surface area contributed by atoms with Gasteiger partial charge in [-0.2, -0.15) is 0 Å². The fraction of sp³-hybridized carbons (Fsp3) is 0.739. The van der Waals surface area contributed by atoms with Gasteiger partial charge in [0.1, 0.15) is 12.4 Å². The first kappa shape index (κ1) is 26.8. The lowest BCUT2D eigenvalue weighted by atomic mass is 9.92. The summed E-state index contributed by atoms with van der Waals surface area (Å²) in [4.78, 5) is 0. The number of rotatable bonds is 19. The number of hydrogen-bond acceptors (Lipinski definition) is 7. The summed E-state index contributed by atoms with van der Waals surface area (Å²) in [5, 5.41) is 0. The Hall–Kier alpha value is -1.22. The van der Waals surface area contributed by atoms with E-state index >= 15 is 0 Å². The van der Waals surface area contributed by atoms with Crippen LogP contribution in [0.15, 0.2) is 24.3 Å². The van der Waals surface area contributed by atoms with Crippen LogP contribution in [0.2, 0.25) is 0 Å². The SMILES string of the molecule is COCCOCC(COCCOC)(COCCOC)COc1ccc(C(C)C)cc1. The fourth-order valence-corrected chi connectivity index (χ4v) is 2.73. The highest BCUT2D eigenvalue weighted by Gasteiger charge is 2.33. The van der Waals surface area contributed by atoms with E-state index in [1.165, 1.54) is 5.56 Å². The maximum Gasteiger partial charge on any atom is 0.119 e. The fourth-order valence-electron chi connectivity index (χ4n) is 2.73. The average Bonchev–Trinajstić information content (AvgIpc) is 2.76. The highest BCUT2D eigenvalue weighted by atomic mass is 16.5. The van der Waals surface area contributed by atoms with Crippen molar-refractivity contribution in [2.24, 2.45) is 5.41 Å². The van der Waals surface area contributed by atoms with Crippen LogP contribution in [0, 0.1) is 5.41 Å². The molecule has 7 heteroatoms. The molecule has 174 valence electrons. The van der Waals surface area contributed by atoms with E-state index in [2.05, 4.69) is 26.0 Å². The number of ether oxygens (including phenoxy) is 7. The predicted molar refractivity (Wildman–Crippen MR) is 117 cm³/mol. The Morgan fingerprint density at radius 2 is 1.07 bits per heavy atom. The number of hydrogen-bond donors (Lipinski definition) is 0. The van der Waals surface area contributed by atoms with Gasteiger partial charge in [-0.05, 0) is 23.6 Å². The molecule has 0 spiro atoms.